The van der Waals surface area contributed by atoms with Gasteiger partial charge in [0.15, 0.2) is 5.78 Å². The van der Waals surface area contributed by atoms with Crippen LogP contribution in [0.1, 0.15) is 23.7 Å². The fraction of sp³-hybridized carbons (Fsp3) is 0.182. The summed E-state index contributed by atoms with van der Waals surface area (Å²) in [6.07, 6.45) is 0.463. The Hall–Kier alpha value is -2.85. The van der Waals surface area contributed by atoms with Crippen molar-refractivity contribution in [3.8, 4) is 11.1 Å². The van der Waals surface area contributed by atoms with E-state index in [1.165, 1.54) is 0 Å². The van der Waals surface area contributed by atoms with Crippen molar-refractivity contribution in [1.29, 1.82) is 0 Å². The fourth-order valence-corrected chi connectivity index (χ4v) is 3.83. The average molecular weight is 379 g/mol. The number of ketones is 1. The van der Waals surface area contributed by atoms with E-state index in [0.29, 0.717) is 22.6 Å². The van der Waals surface area contributed by atoms with Crippen LogP contribution in [0.4, 0.5) is 0 Å². The molecule has 5 heteroatoms. The van der Waals surface area contributed by atoms with Crippen molar-refractivity contribution in [3.05, 3.63) is 69.5 Å². The Morgan fingerprint density at radius 2 is 1.67 bits per heavy atom. The second kappa shape index (κ2) is 6.39. The van der Waals surface area contributed by atoms with Crippen LogP contribution in [-0.2, 0) is 14.1 Å². The molecular weight excluding hydrogens is 360 g/mol. The third kappa shape index (κ3) is 2.68. The molecule has 0 saturated carbocycles. The van der Waals surface area contributed by atoms with E-state index in [1.54, 1.807) is 23.7 Å². The van der Waals surface area contributed by atoms with E-state index in [2.05, 4.69) is 0 Å². The standard InChI is InChI=1S/C22H19ClN2O2/c1-4-20(26)14-7-10-19-17(11-14)18-12-16(13-5-8-15(23)9-6-13)22(27)25(3)21(18)24(19)2/h5-12H,4H2,1-3H3. The second-order valence-electron chi connectivity index (χ2n) is 6.73. The Morgan fingerprint density at radius 3 is 2.33 bits per heavy atom. The normalized spacial score (nSPS) is 11.4. The summed E-state index contributed by atoms with van der Waals surface area (Å²) in [5.41, 5.74) is 3.87. The number of hydrogen-bond acceptors (Lipinski definition) is 2. The minimum absolute atomic E-state index is 0.0689. The van der Waals surface area contributed by atoms with Crippen LogP contribution in [0.2, 0.25) is 5.02 Å². The number of aromatic nitrogens is 2. The maximum Gasteiger partial charge on any atom is 0.259 e. The van der Waals surface area contributed by atoms with Crippen LogP contribution in [0.3, 0.4) is 0 Å². The number of rotatable bonds is 3. The van der Waals surface area contributed by atoms with E-state index in [-0.39, 0.29) is 11.3 Å². The molecule has 0 radical (unpaired) electrons. The molecule has 0 bridgehead atoms. The maximum absolute atomic E-state index is 13.0. The molecule has 0 aliphatic rings. The summed E-state index contributed by atoms with van der Waals surface area (Å²) in [6, 6.07) is 14.9. The van der Waals surface area contributed by atoms with Gasteiger partial charge in [0, 0.05) is 47.4 Å². The molecule has 0 aliphatic carbocycles. The molecule has 27 heavy (non-hydrogen) atoms. The van der Waals surface area contributed by atoms with Crippen molar-refractivity contribution in [1.82, 2.24) is 9.13 Å². The van der Waals surface area contributed by atoms with E-state index in [4.69, 9.17) is 11.6 Å². The second-order valence-corrected chi connectivity index (χ2v) is 7.17. The summed E-state index contributed by atoms with van der Waals surface area (Å²) in [5, 5.41) is 2.55. The van der Waals surface area contributed by atoms with Gasteiger partial charge < -0.3 is 4.57 Å². The quantitative estimate of drug-likeness (QED) is 0.474. The Kier molecular flexibility index (Phi) is 4.16. The van der Waals surface area contributed by atoms with Gasteiger partial charge in [-0.2, -0.15) is 0 Å². The lowest BCUT2D eigenvalue weighted by atomic mass is 10.0. The van der Waals surface area contributed by atoms with Gasteiger partial charge in [-0.1, -0.05) is 30.7 Å². The number of Topliss-reactive ketones (excluding diaryl/α,β-unsaturated/α-hetero) is 1. The monoisotopic (exact) mass is 378 g/mol. The Balaban J connectivity index is 2.10. The van der Waals surface area contributed by atoms with Crippen LogP contribution >= 0.6 is 11.6 Å². The topological polar surface area (TPSA) is 44.0 Å². The first kappa shape index (κ1) is 17.6. The average Bonchev–Trinajstić information content (AvgIpc) is 2.96. The highest BCUT2D eigenvalue weighted by molar-refractivity contribution is 6.30. The SMILES string of the molecule is CCC(=O)c1ccc2c(c1)c1cc(-c3ccc(Cl)cc3)c(=O)n(C)c1n2C. The zero-order chi connectivity index (χ0) is 19.3. The van der Waals surface area contributed by atoms with E-state index in [1.807, 2.05) is 54.9 Å². The molecule has 0 atom stereocenters. The smallest absolute Gasteiger partial charge is 0.259 e. The zero-order valence-corrected chi connectivity index (χ0v) is 16.2. The van der Waals surface area contributed by atoms with Crippen LogP contribution in [0.25, 0.3) is 33.1 Å². The number of fused-ring (bicyclic) bond motifs is 3. The van der Waals surface area contributed by atoms with Crippen molar-refractivity contribution in [2.75, 3.05) is 0 Å². The van der Waals surface area contributed by atoms with E-state index in [0.717, 1.165) is 27.5 Å². The molecule has 2 heterocycles. The number of benzene rings is 2. The van der Waals surface area contributed by atoms with Crippen molar-refractivity contribution >= 4 is 39.3 Å². The number of pyridine rings is 1. The van der Waals surface area contributed by atoms with Gasteiger partial charge in [-0.3, -0.25) is 14.2 Å². The molecule has 0 saturated heterocycles. The lowest BCUT2D eigenvalue weighted by molar-refractivity contribution is 0.0988. The number of aryl methyl sites for hydroxylation is 2. The van der Waals surface area contributed by atoms with Gasteiger partial charge in [0.2, 0.25) is 0 Å². The van der Waals surface area contributed by atoms with Gasteiger partial charge in [0.05, 0.1) is 5.52 Å². The number of halogens is 1. The molecule has 4 nitrogen and oxygen atoms in total. The highest BCUT2D eigenvalue weighted by atomic mass is 35.5. The zero-order valence-electron chi connectivity index (χ0n) is 15.4. The van der Waals surface area contributed by atoms with Crippen LogP contribution in [0, 0.1) is 0 Å². The first-order valence-corrected chi connectivity index (χ1v) is 9.21. The van der Waals surface area contributed by atoms with E-state index < -0.39 is 0 Å². The van der Waals surface area contributed by atoms with Crippen molar-refractivity contribution in [3.63, 3.8) is 0 Å². The molecule has 0 spiro atoms. The molecule has 0 unspecified atom stereocenters. The molecule has 4 aromatic rings. The van der Waals surface area contributed by atoms with Gasteiger partial charge in [-0.15, -0.1) is 0 Å². The number of carbonyl (C=O) groups excluding carboxylic acids is 1. The first-order valence-electron chi connectivity index (χ1n) is 8.83. The molecule has 0 N–H and O–H groups in total. The molecular formula is C22H19ClN2O2. The highest BCUT2D eigenvalue weighted by Crippen LogP contribution is 2.31. The third-order valence-corrected chi connectivity index (χ3v) is 5.40. The molecule has 2 aromatic carbocycles. The lowest BCUT2D eigenvalue weighted by Gasteiger charge is -2.08. The van der Waals surface area contributed by atoms with Crippen molar-refractivity contribution in [2.24, 2.45) is 14.1 Å². The molecule has 136 valence electrons. The summed E-state index contributed by atoms with van der Waals surface area (Å²) >= 11 is 5.99. The Labute approximate surface area is 161 Å². The summed E-state index contributed by atoms with van der Waals surface area (Å²) in [6.45, 7) is 1.86. The van der Waals surface area contributed by atoms with Crippen LogP contribution < -0.4 is 5.56 Å². The van der Waals surface area contributed by atoms with Gasteiger partial charge >= 0.3 is 0 Å². The molecule has 0 amide bonds. The minimum atomic E-state index is -0.0689. The molecule has 0 aliphatic heterocycles. The highest BCUT2D eigenvalue weighted by Gasteiger charge is 2.17. The van der Waals surface area contributed by atoms with Crippen molar-refractivity contribution < 1.29 is 4.79 Å². The fourth-order valence-electron chi connectivity index (χ4n) is 3.70. The maximum atomic E-state index is 13.0. The van der Waals surface area contributed by atoms with Gasteiger partial charge in [0.1, 0.15) is 5.65 Å². The number of hydrogen-bond donors (Lipinski definition) is 0. The van der Waals surface area contributed by atoms with Gasteiger partial charge in [-0.25, -0.2) is 0 Å². The Morgan fingerprint density at radius 1 is 0.963 bits per heavy atom. The Bertz CT molecular complexity index is 1260. The molecule has 2 aromatic heterocycles. The third-order valence-electron chi connectivity index (χ3n) is 5.15. The van der Waals surface area contributed by atoms with Crippen LogP contribution in [-0.4, -0.2) is 14.9 Å². The van der Waals surface area contributed by atoms with E-state index >= 15 is 0 Å². The molecule has 0 fully saturated rings. The summed E-state index contributed by atoms with van der Waals surface area (Å²) in [4.78, 5) is 25.1. The van der Waals surface area contributed by atoms with Crippen LogP contribution in [0.15, 0.2) is 53.3 Å². The first-order chi connectivity index (χ1) is 12.9. The molecule has 4 rings (SSSR count). The van der Waals surface area contributed by atoms with Crippen LogP contribution in [0.5, 0.6) is 0 Å². The van der Waals surface area contributed by atoms with Gasteiger partial charge in [0.25, 0.3) is 5.56 Å². The number of carbonyl (C=O) groups is 1. The summed E-state index contributed by atoms with van der Waals surface area (Å²) < 4.78 is 3.67. The van der Waals surface area contributed by atoms with Crippen molar-refractivity contribution in [2.45, 2.75) is 13.3 Å². The lowest BCUT2D eigenvalue weighted by Crippen LogP contribution is -2.20. The predicted molar refractivity (Wildman–Crippen MR) is 111 cm³/mol. The number of nitrogens with zero attached hydrogens (tertiary/aromatic N) is 2. The summed E-state index contributed by atoms with van der Waals surface area (Å²) in [5.74, 6) is 0.108. The predicted octanol–water partition coefficient (Wildman–Crippen LogP) is 4.94. The minimum Gasteiger partial charge on any atom is -0.330 e. The van der Waals surface area contributed by atoms with E-state index in [9.17, 15) is 9.59 Å². The summed E-state index contributed by atoms with van der Waals surface area (Å²) in [7, 11) is 3.72. The largest absolute Gasteiger partial charge is 0.330 e. The van der Waals surface area contributed by atoms with Gasteiger partial charge in [-0.05, 0) is 42.0 Å².